The van der Waals surface area contributed by atoms with Crippen LogP contribution in [0.25, 0.3) is 0 Å². The summed E-state index contributed by atoms with van der Waals surface area (Å²) in [6.07, 6.45) is 5.19. The zero-order valence-corrected chi connectivity index (χ0v) is 7.98. The van der Waals surface area contributed by atoms with Gasteiger partial charge in [-0.2, -0.15) is 11.8 Å². The lowest BCUT2D eigenvalue weighted by Crippen LogP contribution is -2.38. The highest BCUT2D eigenvalue weighted by Gasteiger charge is 2.17. The van der Waals surface area contributed by atoms with Gasteiger partial charge in [0.25, 0.3) is 0 Å². The van der Waals surface area contributed by atoms with Gasteiger partial charge >= 0.3 is 0 Å². The lowest BCUT2D eigenvalue weighted by molar-refractivity contribution is -0.118. The van der Waals surface area contributed by atoms with E-state index >= 15 is 0 Å². The van der Waals surface area contributed by atoms with E-state index in [0.29, 0.717) is 5.75 Å². The van der Waals surface area contributed by atoms with E-state index in [2.05, 4.69) is 0 Å². The van der Waals surface area contributed by atoms with Gasteiger partial charge in [0, 0.05) is 11.0 Å². The molecule has 0 aromatic rings. The SMILES string of the molecule is NC(=O)C(N)CSC1CCCC1. The van der Waals surface area contributed by atoms with Gasteiger partial charge in [0.1, 0.15) is 0 Å². The van der Waals surface area contributed by atoms with E-state index in [4.69, 9.17) is 11.5 Å². The maximum Gasteiger partial charge on any atom is 0.235 e. The Morgan fingerprint density at radius 3 is 2.58 bits per heavy atom. The topological polar surface area (TPSA) is 69.1 Å². The van der Waals surface area contributed by atoms with Crippen LogP contribution >= 0.6 is 11.8 Å². The van der Waals surface area contributed by atoms with Crippen LogP contribution in [0, 0.1) is 0 Å². The number of rotatable bonds is 4. The van der Waals surface area contributed by atoms with Crippen molar-refractivity contribution in [2.75, 3.05) is 5.75 Å². The second-order valence-corrected chi connectivity index (χ2v) is 4.58. The summed E-state index contributed by atoms with van der Waals surface area (Å²) >= 11 is 1.79. The fourth-order valence-corrected chi connectivity index (χ4v) is 2.69. The zero-order chi connectivity index (χ0) is 8.97. The van der Waals surface area contributed by atoms with Crippen molar-refractivity contribution >= 4 is 17.7 Å². The standard InChI is InChI=1S/C8H16N2OS/c9-7(8(10)11)5-12-6-3-1-2-4-6/h6-7H,1-5,9H2,(H2,10,11). The van der Waals surface area contributed by atoms with Gasteiger partial charge < -0.3 is 11.5 Å². The van der Waals surface area contributed by atoms with Crippen molar-refractivity contribution in [1.82, 2.24) is 0 Å². The van der Waals surface area contributed by atoms with Crippen LogP contribution < -0.4 is 11.5 Å². The highest BCUT2D eigenvalue weighted by atomic mass is 32.2. The molecule has 0 radical (unpaired) electrons. The summed E-state index contributed by atoms with van der Waals surface area (Å²) in [7, 11) is 0. The average Bonchev–Trinajstić information content (AvgIpc) is 2.51. The maximum absolute atomic E-state index is 10.6. The molecule has 1 amide bonds. The summed E-state index contributed by atoms with van der Waals surface area (Å²) in [5, 5.41) is 0.718. The molecule has 1 unspecified atom stereocenters. The predicted octanol–water partition coefficient (Wildman–Crippen LogP) is 0.475. The van der Waals surface area contributed by atoms with E-state index in [9.17, 15) is 4.79 Å². The molecule has 1 saturated carbocycles. The van der Waals surface area contributed by atoms with Crippen molar-refractivity contribution in [2.24, 2.45) is 11.5 Å². The molecule has 1 fully saturated rings. The third-order valence-electron chi connectivity index (χ3n) is 2.18. The first-order valence-electron chi connectivity index (χ1n) is 4.36. The largest absolute Gasteiger partial charge is 0.368 e. The van der Waals surface area contributed by atoms with Crippen molar-refractivity contribution in [3.63, 3.8) is 0 Å². The molecule has 0 aliphatic heterocycles. The molecule has 1 rings (SSSR count). The average molecular weight is 188 g/mol. The Balaban J connectivity index is 2.11. The molecule has 1 atom stereocenters. The summed E-state index contributed by atoms with van der Waals surface area (Å²) < 4.78 is 0. The van der Waals surface area contributed by atoms with Gasteiger partial charge in [-0.3, -0.25) is 4.79 Å². The van der Waals surface area contributed by atoms with Crippen molar-refractivity contribution in [1.29, 1.82) is 0 Å². The molecule has 0 saturated heterocycles. The number of hydrogen-bond acceptors (Lipinski definition) is 3. The smallest absolute Gasteiger partial charge is 0.235 e. The quantitative estimate of drug-likeness (QED) is 0.674. The number of hydrogen-bond donors (Lipinski definition) is 2. The number of carbonyl (C=O) groups is 1. The number of nitrogens with two attached hydrogens (primary N) is 2. The van der Waals surface area contributed by atoms with E-state index in [1.54, 1.807) is 11.8 Å². The molecule has 0 bridgehead atoms. The van der Waals surface area contributed by atoms with Crippen molar-refractivity contribution < 1.29 is 4.79 Å². The zero-order valence-electron chi connectivity index (χ0n) is 7.16. The third kappa shape index (κ3) is 3.03. The Bertz CT molecular complexity index is 157. The number of carbonyl (C=O) groups excluding carboxylic acids is 1. The minimum atomic E-state index is -0.462. The van der Waals surface area contributed by atoms with Gasteiger partial charge in [-0.25, -0.2) is 0 Å². The molecule has 4 heteroatoms. The lowest BCUT2D eigenvalue weighted by Gasteiger charge is -2.11. The molecule has 0 heterocycles. The van der Waals surface area contributed by atoms with Gasteiger partial charge in [0.15, 0.2) is 0 Å². The van der Waals surface area contributed by atoms with Crippen LogP contribution in [0.2, 0.25) is 0 Å². The molecule has 4 N–H and O–H groups in total. The first-order valence-corrected chi connectivity index (χ1v) is 5.41. The molecular formula is C8H16N2OS. The molecule has 3 nitrogen and oxygen atoms in total. The minimum Gasteiger partial charge on any atom is -0.368 e. The third-order valence-corrected chi connectivity index (χ3v) is 3.67. The van der Waals surface area contributed by atoms with Crippen LogP contribution in [-0.2, 0) is 4.79 Å². The van der Waals surface area contributed by atoms with E-state index in [0.717, 1.165) is 5.25 Å². The summed E-state index contributed by atoms with van der Waals surface area (Å²) in [5.74, 6) is 0.292. The lowest BCUT2D eigenvalue weighted by atomic mass is 10.3. The number of thioether (sulfide) groups is 1. The Labute approximate surface area is 77.3 Å². The molecule has 1 aliphatic carbocycles. The number of amides is 1. The van der Waals surface area contributed by atoms with Crippen LogP contribution in [0.5, 0.6) is 0 Å². The van der Waals surface area contributed by atoms with Gasteiger partial charge in [-0.1, -0.05) is 12.8 Å². The predicted molar refractivity (Wildman–Crippen MR) is 51.9 cm³/mol. The van der Waals surface area contributed by atoms with Crippen molar-refractivity contribution in [3.05, 3.63) is 0 Å². The van der Waals surface area contributed by atoms with Gasteiger partial charge in [0.2, 0.25) is 5.91 Å². The normalized spacial score (nSPS) is 21.1. The summed E-state index contributed by atoms with van der Waals surface area (Å²) in [4.78, 5) is 10.6. The fraction of sp³-hybridized carbons (Fsp3) is 0.875. The second kappa shape index (κ2) is 4.72. The minimum absolute atomic E-state index is 0.388. The number of primary amides is 1. The molecule has 0 aromatic carbocycles. The Morgan fingerprint density at radius 2 is 2.08 bits per heavy atom. The molecule has 70 valence electrons. The molecule has 12 heavy (non-hydrogen) atoms. The Morgan fingerprint density at radius 1 is 1.50 bits per heavy atom. The molecule has 0 spiro atoms. The first-order chi connectivity index (χ1) is 5.70. The van der Waals surface area contributed by atoms with Crippen LogP contribution in [0.3, 0.4) is 0 Å². The van der Waals surface area contributed by atoms with Crippen molar-refractivity contribution in [3.8, 4) is 0 Å². The van der Waals surface area contributed by atoms with Crippen molar-refractivity contribution in [2.45, 2.75) is 37.0 Å². The highest BCUT2D eigenvalue weighted by Crippen LogP contribution is 2.29. The van der Waals surface area contributed by atoms with Gasteiger partial charge in [-0.15, -0.1) is 0 Å². The monoisotopic (exact) mass is 188 g/mol. The van der Waals surface area contributed by atoms with E-state index in [-0.39, 0.29) is 5.91 Å². The van der Waals surface area contributed by atoms with Gasteiger partial charge in [0.05, 0.1) is 6.04 Å². The van der Waals surface area contributed by atoms with E-state index in [1.165, 1.54) is 25.7 Å². The van der Waals surface area contributed by atoms with E-state index < -0.39 is 6.04 Å². The highest BCUT2D eigenvalue weighted by molar-refractivity contribution is 8.00. The molecule has 0 aromatic heterocycles. The summed E-state index contributed by atoms with van der Waals surface area (Å²) in [5.41, 5.74) is 10.5. The van der Waals surface area contributed by atoms with Crippen LogP contribution in [0.1, 0.15) is 25.7 Å². The Kier molecular flexibility index (Phi) is 3.88. The molecular weight excluding hydrogens is 172 g/mol. The first kappa shape index (κ1) is 9.86. The van der Waals surface area contributed by atoms with Crippen LogP contribution in [-0.4, -0.2) is 23.0 Å². The second-order valence-electron chi connectivity index (χ2n) is 3.25. The van der Waals surface area contributed by atoms with Gasteiger partial charge in [-0.05, 0) is 12.8 Å². The molecule has 1 aliphatic rings. The van der Waals surface area contributed by atoms with Crippen LogP contribution in [0.4, 0.5) is 0 Å². The fourth-order valence-electron chi connectivity index (χ4n) is 1.38. The summed E-state index contributed by atoms with van der Waals surface area (Å²) in [6, 6.07) is -0.462. The Hall–Kier alpha value is -0.220. The van der Waals surface area contributed by atoms with Crippen LogP contribution in [0.15, 0.2) is 0 Å². The maximum atomic E-state index is 10.6. The van der Waals surface area contributed by atoms with E-state index in [1.807, 2.05) is 0 Å². The summed E-state index contributed by atoms with van der Waals surface area (Å²) in [6.45, 7) is 0.